The van der Waals surface area contributed by atoms with E-state index in [1.54, 1.807) is 17.4 Å². The van der Waals surface area contributed by atoms with Crippen molar-refractivity contribution in [3.05, 3.63) is 39.0 Å². The van der Waals surface area contributed by atoms with E-state index < -0.39 is 0 Å². The molecule has 3 heterocycles. The summed E-state index contributed by atoms with van der Waals surface area (Å²) in [7, 11) is 0. The van der Waals surface area contributed by atoms with Crippen molar-refractivity contribution in [1.82, 2.24) is 24.6 Å². The molecule has 0 bridgehead atoms. The number of H-pyrrole nitrogens is 1. The Hall–Kier alpha value is -2.22. The lowest BCUT2D eigenvalue weighted by molar-refractivity contribution is 0.984. The summed E-state index contributed by atoms with van der Waals surface area (Å²) in [5, 5.41) is 12.4. The fraction of sp³-hybridized carbons (Fsp3) is 0.200. The third-order valence-corrected chi connectivity index (χ3v) is 3.25. The SMILES string of the molecule is Cc1nc(CNc2cc3n[nH]c(=O)n3cn2)cs1. The summed E-state index contributed by atoms with van der Waals surface area (Å²) in [5.41, 5.74) is 1.21. The maximum atomic E-state index is 11.2. The molecule has 0 spiro atoms. The molecule has 0 aliphatic heterocycles. The molecule has 0 amide bonds. The molecular weight excluding hydrogens is 252 g/mol. The van der Waals surface area contributed by atoms with Crippen LogP contribution >= 0.6 is 11.3 Å². The topological polar surface area (TPSA) is 88.0 Å². The first-order valence-corrected chi connectivity index (χ1v) is 6.18. The van der Waals surface area contributed by atoms with Crippen molar-refractivity contribution < 1.29 is 0 Å². The van der Waals surface area contributed by atoms with Crippen molar-refractivity contribution in [3.63, 3.8) is 0 Å². The standard InChI is InChI=1S/C10H10N6OS/c1-6-13-7(4-18-6)3-11-8-2-9-14-15-10(17)16(9)5-12-8/h2,4-5,11H,3H2,1H3,(H,15,17). The van der Waals surface area contributed by atoms with Crippen LogP contribution in [0.4, 0.5) is 5.82 Å². The van der Waals surface area contributed by atoms with Gasteiger partial charge in [0, 0.05) is 11.4 Å². The molecule has 0 saturated heterocycles. The molecule has 0 radical (unpaired) electrons. The van der Waals surface area contributed by atoms with Gasteiger partial charge in [-0.1, -0.05) is 0 Å². The number of nitrogens with one attached hydrogen (secondary N) is 2. The van der Waals surface area contributed by atoms with Crippen LogP contribution in [0.5, 0.6) is 0 Å². The highest BCUT2D eigenvalue weighted by Crippen LogP contribution is 2.10. The summed E-state index contributed by atoms with van der Waals surface area (Å²) < 4.78 is 1.35. The van der Waals surface area contributed by atoms with E-state index in [0.717, 1.165) is 10.7 Å². The van der Waals surface area contributed by atoms with E-state index in [9.17, 15) is 4.79 Å². The third kappa shape index (κ3) is 1.97. The first-order chi connectivity index (χ1) is 8.72. The summed E-state index contributed by atoms with van der Waals surface area (Å²) >= 11 is 1.61. The van der Waals surface area contributed by atoms with Gasteiger partial charge in [-0.3, -0.25) is 0 Å². The minimum Gasteiger partial charge on any atom is -0.364 e. The summed E-state index contributed by atoms with van der Waals surface area (Å²) in [6, 6.07) is 1.71. The van der Waals surface area contributed by atoms with Gasteiger partial charge in [0.1, 0.15) is 12.1 Å². The largest absolute Gasteiger partial charge is 0.364 e. The van der Waals surface area contributed by atoms with E-state index in [-0.39, 0.29) is 5.69 Å². The second-order valence-corrected chi connectivity index (χ2v) is 4.80. The van der Waals surface area contributed by atoms with Crippen molar-refractivity contribution in [2.24, 2.45) is 0 Å². The lowest BCUT2D eigenvalue weighted by Crippen LogP contribution is -2.10. The van der Waals surface area contributed by atoms with Gasteiger partial charge in [-0.05, 0) is 6.92 Å². The number of hydrogen-bond donors (Lipinski definition) is 2. The molecule has 0 aliphatic rings. The van der Waals surface area contributed by atoms with Gasteiger partial charge in [-0.25, -0.2) is 24.3 Å². The molecule has 92 valence electrons. The summed E-state index contributed by atoms with van der Waals surface area (Å²) in [6.45, 7) is 2.57. The molecule has 7 nitrogen and oxygen atoms in total. The maximum absolute atomic E-state index is 11.2. The lowest BCUT2D eigenvalue weighted by Gasteiger charge is -2.02. The Labute approximate surface area is 106 Å². The molecule has 0 aromatic carbocycles. The average molecular weight is 262 g/mol. The van der Waals surface area contributed by atoms with Gasteiger partial charge in [0.2, 0.25) is 0 Å². The molecule has 0 saturated carbocycles. The molecule has 3 rings (SSSR count). The zero-order valence-electron chi connectivity index (χ0n) is 9.54. The smallest absolute Gasteiger partial charge is 0.348 e. The fourth-order valence-electron chi connectivity index (χ4n) is 1.58. The predicted octanol–water partition coefficient (Wildman–Crippen LogP) is 0.795. The van der Waals surface area contributed by atoms with Gasteiger partial charge < -0.3 is 5.32 Å². The van der Waals surface area contributed by atoms with Crippen LogP contribution < -0.4 is 11.0 Å². The molecule has 0 atom stereocenters. The second kappa shape index (κ2) is 4.22. The third-order valence-electron chi connectivity index (χ3n) is 2.43. The maximum Gasteiger partial charge on any atom is 0.348 e. The number of aromatic nitrogens is 5. The number of nitrogens with zero attached hydrogens (tertiary/aromatic N) is 4. The van der Waals surface area contributed by atoms with Crippen LogP contribution in [-0.4, -0.2) is 24.6 Å². The Kier molecular flexibility index (Phi) is 2.56. The van der Waals surface area contributed by atoms with E-state index in [1.165, 1.54) is 10.7 Å². The first-order valence-electron chi connectivity index (χ1n) is 5.30. The normalized spacial score (nSPS) is 10.9. The Morgan fingerprint density at radius 1 is 1.56 bits per heavy atom. The minimum atomic E-state index is -0.292. The van der Waals surface area contributed by atoms with E-state index in [2.05, 4.69) is 25.5 Å². The predicted molar refractivity (Wildman–Crippen MR) is 67.8 cm³/mol. The minimum absolute atomic E-state index is 0.292. The number of anilines is 1. The van der Waals surface area contributed by atoms with Crippen molar-refractivity contribution in [2.45, 2.75) is 13.5 Å². The number of thiazole rings is 1. The zero-order chi connectivity index (χ0) is 12.5. The van der Waals surface area contributed by atoms with Crippen LogP contribution in [-0.2, 0) is 6.54 Å². The van der Waals surface area contributed by atoms with Crippen LogP contribution in [0, 0.1) is 6.92 Å². The molecule has 2 N–H and O–H groups in total. The number of rotatable bonds is 3. The quantitative estimate of drug-likeness (QED) is 0.728. The summed E-state index contributed by atoms with van der Waals surface area (Å²) in [4.78, 5) is 19.7. The van der Waals surface area contributed by atoms with E-state index >= 15 is 0 Å². The van der Waals surface area contributed by atoms with Gasteiger partial charge in [0.15, 0.2) is 5.65 Å². The van der Waals surface area contributed by atoms with Crippen molar-refractivity contribution in [3.8, 4) is 0 Å². The van der Waals surface area contributed by atoms with Crippen LogP contribution in [0.1, 0.15) is 10.7 Å². The summed E-state index contributed by atoms with van der Waals surface area (Å²) in [5.74, 6) is 0.659. The van der Waals surface area contributed by atoms with Crippen LogP contribution in [0.15, 0.2) is 22.6 Å². The van der Waals surface area contributed by atoms with Crippen molar-refractivity contribution in [2.75, 3.05) is 5.32 Å². The van der Waals surface area contributed by atoms with E-state index in [1.807, 2.05) is 12.3 Å². The van der Waals surface area contributed by atoms with Gasteiger partial charge in [0.25, 0.3) is 0 Å². The van der Waals surface area contributed by atoms with Gasteiger partial charge >= 0.3 is 5.69 Å². The molecule has 3 aromatic heterocycles. The van der Waals surface area contributed by atoms with Crippen LogP contribution in [0.25, 0.3) is 5.65 Å². The molecule has 0 aliphatic carbocycles. The molecule has 0 unspecified atom stereocenters. The lowest BCUT2D eigenvalue weighted by atomic mass is 10.4. The Bertz CT molecular complexity index is 742. The number of hydrogen-bond acceptors (Lipinski definition) is 6. The monoisotopic (exact) mass is 262 g/mol. The number of aryl methyl sites for hydroxylation is 1. The van der Waals surface area contributed by atoms with Crippen molar-refractivity contribution in [1.29, 1.82) is 0 Å². The van der Waals surface area contributed by atoms with E-state index in [0.29, 0.717) is 18.0 Å². The summed E-state index contributed by atoms with van der Waals surface area (Å²) in [6.07, 6.45) is 1.44. The molecule has 3 aromatic rings. The second-order valence-electron chi connectivity index (χ2n) is 3.74. The van der Waals surface area contributed by atoms with Gasteiger partial charge in [-0.2, -0.15) is 5.10 Å². The van der Waals surface area contributed by atoms with Gasteiger partial charge in [-0.15, -0.1) is 11.3 Å². The molecular formula is C10H10N6OS. The molecule has 8 heteroatoms. The zero-order valence-corrected chi connectivity index (χ0v) is 10.4. The Balaban J connectivity index is 1.80. The highest BCUT2D eigenvalue weighted by atomic mass is 32.1. The van der Waals surface area contributed by atoms with E-state index in [4.69, 9.17) is 0 Å². The molecule has 0 fully saturated rings. The molecule has 18 heavy (non-hydrogen) atoms. The average Bonchev–Trinajstić information content (AvgIpc) is 2.94. The fourth-order valence-corrected chi connectivity index (χ4v) is 2.19. The Morgan fingerprint density at radius 3 is 3.22 bits per heavy atom. The van der Waals surface area contributed by atoms with Gasteiger partial charge in [0.05, 0.1) is 17.2 Å². The Morgan fingerprint density at radius 2 is 2.44 bits per heavy atom. The van der Waals surface area contributed by atoms with Crippen molar-refractivity contribution >= 4 is 22.8 Å². The first kappa shape index (κ1) is 10.9. The van der Waals surface area contributed by atoms with Crippen LogP contribution in [0.3, 0.4) is 0 Å². The van der Waals surface area contributed by atoms with Crippen LogP contribution in [0.2, 0.25) is 0 Å². The number of fused-ring (bicyclic) bond motifs is 1. The number of aromatic amines is 1. The highest BCUT2D eigenvalue weighted by Gasteiger charge is 2.03. The highest BCUT2D eigenvalue weighted by molar-refractivity contribution is 7.09.